The molecular weight excluding hydrogens is 230 g/mol. The van der Waals surface area contributed by atoms with E-state index in [0.29, 0.717) is 12.1 Å². The molecule has 5 heteroatoms. The lowest BCUT2D eigenvalue weighted by atomic mass is 9.98. The highest BCUT2D eigenvalue weighted by Gasteiger charge is 2.39. The number of rotatable bonds is 4. The summed E-state index contributed by atoms with van der Waals surface area (Å²) in [6.45, 7) is 2.38. The third-order valence-electron chi connectivity index (χ3n) is 3.18. The minimum Gasteiger partial charge on any atom is -0.348 e. The highest BCUT2D eigenvalue weighted by atomic mass is 16.2. The predicted molar refractivity (Wildman–Crippen MR) is 68.1 cm³/mol. The number of nitrogens with two attached hydrogens (primary N) is 1. The predicted octanol–water partition coefficient (Wildman–Crippen LogP) is -0.195. The van der Waals surface area contributed by atoms with Gasteiger partial charge in [-0.3, -0.25) is 9.59 Å². The fourth-order valence-corrected chi connectivity index (χ4v) is 1.92. The van der Waals surface area contributed by atoms with Crippen molar-refractivity contribution in [2.45, 2.75) is 25.4 Å². The number of carbonyl (C=O) groups is 2. The normalized spacial score (nSPS) is 22.0. The second kappa shape index (κ2) is 5.18. The van der Waals surface area contributed by atoms with Crippen LogP contribution in [0.4, 0.5) is 0 Å². The third kappa shape index (κ3) is 2.36. The van der Waals surface area contributed by atoms with Gasteiger partial charge in [0, 0.05) is 12.1 Å². The van der Waals surface area contributed by atoms with E-state index in [4.69, 9.17) is 5.73 Å². The summed E-state index contributed by atoms with van der Waals surface area (Å²) >= 11 is 0. The van der Waals surface area contributed by atoms with Gasteiger partial charge in [-0.15, -0.1) is 0 Å². The maximum atomic E-state index is 11.9. The molecule has 0 saturated carbocycles. The topological polar surface area (TPSA) is 84.2 Å². The number of hydrogen-bond donors (Lipinski definition) is 3. The first-order valence-electron chi connectivity index (χ1n) is 6.06. The third-order valence-corrected chi connectivity index (χ3v) is 3.18. The van der Waals surface area contributed by atoms with Crippen molar-refractivity contribution in [1.29, 1.82) is 0 Å². The van der Waals surface area contributed by atoms with Crippen LogP contribution in [0.2, 0.25) is 0 Å². The van der Waals surface area contributed by atoms with Crippen LogP contribution < -0.4 is 16.4 Å². The molecule has 2 atom stereocenters. The van der Waals surface area contributed by atoms with Crippen LogP contribution in [0.25, 0.3) is 0 Å². The molecule has 18 heavy (non-hydrogen) atoms. The van der Waals surface area contributed by atoms with E-state index in [0.717, 1.165) is 6.42 Å². The molecule has 1 heterocycles. The molecule has 2 rings (SSSR count). The quantitative estimate of drug-likeness (QED) is 0.644. The fourth-order valence-electron chi connectivity index (χ4n) is 1.92. The number of hydrogen-bond acceptors (Lipinski definition) is 3. The summed E-state index contributed by atoms with van der Waals surface area (Å²) in [5, 5.41) is 5.33. The summed E-state index contributed by atoms with van der Waals surface area (Å²) in [6, 6.07) is 6.70. The summed E-state index contributed by atoms with van der Waals surface area (Å²) in [4.78, 5) is 23.2. The van der Waals surface area contributed by atoms with Crippen LogP contribution in [0.15, 0.2) is 24.3 Å². The minimum absolute atomic E-state index is 0.156. The number of aryl methyl sites for hydroxylation is 1. The molecule has 5 nitrogen and oxygen atoms in total. The van der Waals surface area contributed by atoms with E-state index in [-0.39, 0.29) is 17.9 Å². The Bertz CT molecular complexity index is 456. The fraction of sp³-hybridized carbons (Fsp3) is 0.385. The Kier molecular flexibility index (Phi) is 3.62. The highest BCUT2D eigenvalue weighted by molar-refractivity contribution is 5.99. The number of benzene rings is 1. The van der Waals surface area contributed by atoms with E-state index in [1.54, 1.807) is 12.1 Å². The summed E-state index contributed by atoms with van der Waals surface area (Å²) in [5.41, 5.74) is 7.20. The molecule has 0 spiro atoms. The molecule has 0 bridgehead atoms. The van der Waals surface area contributed by atoms with E-state index in [9.17, 15) is 9.59 Å². The molecule has 2 unspecified atom stereocenters. The molecule has 0 aromatic heterocycles. The molecule has 1 aromatic carbocycles. The maximum Gasteiger partial charge on any atom is 0.251 e. The first-order chi connectivity index (χ1) is 8.65. The van der Waals surface area contributed by atoms with Gasteiger partial charge in [-0.25, -0.2) is 0 Å². The van der Waals surface area contributed by atoms with Crippen molar-refractivity contribution in [3.05, 3.63) is 35.4 Å². The molecule has 1 aliphatic heterocycles. The van der Waals surface area contributed by atoms with E-state index >= 15 is 0 Å². The molecule has 1 saturated heterocycles. The van der Waals surface area contributed by atoms with Crippen LogP contribution in [-0.2, 0) is 11.2 Å². The van der Waals surface area contributed by atoms with Gasteiger partial charge in [-0.2, -0.15) is 0 Å². The zero-order valence-electron chi connectivity index (χ0n) is 10.3. The Morgan fingerprint density at radius 1 is 1.39 bits per heavy atom. The van der Waals surface area contributed by atoms with Gasteiger partial charge in [0.25, 0.3) is 5.91 Å². The number of β-lactam (4-membered cyclic amide) rings is 1. The first-order valence-corrected chi connectivity index (χ1v) is 6.06. The van der Waals surface area contributed by atoms with Gasteiger partial charge in [0.1, 0.15) is 6.04 Å². The molecule has 4 N–H and O–H groups in total. The van der Waals surface area contributed by atoms with Crippen molar-refractivity contribution in [3.8, 4) is 0 Å². The summed E-state index contributed by atoms with van der Waals surface area (Å²) < 4.78 is 0. The molecule has 0 aliphatic carbocycles. The molecule has 1 fully saturated rings. The van der Waals surface area contributed by atoms with Crippen LogP contribution >= 0.6 is 0 Å². The van der Waals surface area contributed by atoms with Crippen LogP contribution in [0.3, 0.4) is 0 Å². The molecule has 2 amide bonds. The molecule has 96 valence electrons. The van der Waals surface area contributed by atoms with Crippen molar-refractivity contribution in [2.24, 2.45) is 5.73 Å². The van der Waals surface area contributed by atoms with Gasteiger partial charge < -0.3 is 16.4 Å². The number of amides is 2. The smallest absolute Gasteiger partial charge is 0.251 e. The Morgan fingerprint density at radius 2 is 2.06 bits per heavy atom. The van der Waals surface area contributed by atoms with Gasteiger partial charge in [-0.1, -0.05) is 19.1 Å². The number of carbonyl (C=O) groups excluding carboxylic acids is 2. The largest absolute Gasteiger partial charge is 0.348 e. The van der Waals surface area contributed by atoms with Crippen LogP contribution in [0, 0.1) is 0 Å². The van der Waals surface area contributed by atoms with Crippen molar-refractivity contribution in [3.63, 3.8) is 0 Å². The van der Waals surface area contributed by atoms with Crippen molar-refractivity contribution >= 4 is 11.8 Å². The molecule has 0 radical (unpaired) electrons. The Hall–Kier alpha value is -1.88. The number of nitrogens with one attached hydrogen (secondary N) is 2. The second-order valence-corrected chi connectivity index (χ2v) is 4.35. The summed E-state index contributed by atoms with van der Waals surface area (Å²) in [7, 11) is 0. The SMILES string of the molecule is CCc1ccc(C(=O)NC2C(=O)NC2CN)cc1. The minimum atomic E-state index is -0.506. The Morgan fingerprint density at radius 3 is 2.56 bits per heavy atom. The lowest BCUT2D eigenvalue weighted by molar-refractivity contribution is -0.131. The molecular formula is C13H17N3O2. The van der Waals surface area contributed by atoms with E-state index in [1.807, 2.05) is 12.1 Å². The summed E-state index contributed by atoms with van der Waals surface area (Å²) in [6.07, 6.45) is 0.933. The first kappa shape index (κ1) is 12.6. The molecule has 1 aromatic rings. The maximum absolute atomic E-state index is 11.9. The monoisotopic (exact) mass is 247 g/mol. The second-order valence-electron chi connectivity index (χ2n) is 4.35. The van der Waals surface area contributed by atoms with Gasteiger partial charge >= 0.3 is 0 Å². The van der Waals surface area contributed by atoms with Gasteiger partial charge in [0.2, 0.25) is 5.91 Å². The van der Waals surface area contributed by atoms with Crippen molar-refractivity contribution in [2.75, 3.05) is 6.54 Å². The van der Waals surface area contributed by atoms with E-state index in [2.05, 4.69) is 17.6 Å². The Balaban J connectivity index is 2.00. The van der Waals surface area contributed by atoms with Gasteiger partial charge in [-0.05, 0) is 24.1 Å². The van der Waals surface area contributed by atoms with Crippen LogP contribution in [0.5, 0.6) is 0 Å². The lowest BCUT2D eigenvalue weighted by Crippen LogP contribution is -2.71. The van der Waals surface area contributed by atoms with Gasteiger partial charge in [0.15, 0.2) is 0 Å². The van der Waals surface area contributed by atoms with E-state index in [1.165, 1.54) is 5.56 Å². The van der Waals surface area contributed by atoms with Crippen molar-refractivity contribution in [1.82, 2.24) is 10.6 Å². The lowest BCUT2D eigenvalue weighted by Gasteiger charge is -2.36. The Labute approximate surface area is 106 Å². The zero-order chi connectivity index (χ0) is 13.1. The van der Waals surface area contributed by atoms with Gasteiger partial charge in [0.05, 0.1) is 6.04 Å². The highest BCUT2D eigenvalue weighted by Crippen LogP contribution is 2.08. The standard InChI is InChI=1S/C13H17N3O2/c1-2-8-3-5-9(6-4-8)12(17)16-11-10(7-14)15-13(11)18/h3-6,10-11H,2,7,14H2,1H3,(H,15,18)(H,16,17). The van der Waals surface area contributed by atoms with Crippen molar-refractivity contribution < 1.29 is 9.59 Å². The summed E-state index contributed by atoms with van der Waals surface area (Å²) in [5.74, 6) is -0.417. The molecule has 1 aliphatic rings. The average Bonchev–Trinajstić information content (AvgIpc) is 2.41. The average molecular weight is 247 g/mol. The van der Waals surface area contributed by atoms with E-state index < -0.39 is 6.04 Å². The van der Waals surface area contributed by atoms with Crippen LogP contribution in [-0.4, -0.2) is 30.4 Å². The van der Waals surface area contributed by atoms with Crippen LogP contribution in [0.1, 0.15) is 22.8 Å². The zero-order valence-corrected chi connectivity index (χ0v) is 10.3.